The lowest BCUT2D eigenvalue weighted by molar-refractivity contribution is -0.116. The first-order valence-electron chi connectivity index (χ1n) is 5.38. The molecule has 0 aromatic heterocycles. The predicted molar refractivity (Wildman–Crippen MR) is 64.4 cm³/mol. The molecule has 0 heterocycles. The van der Waals surface area contributed by atoms with Gasteiger partial charge in [-0.2, -0.15) is 0 Å². The van der Waals surface area contributed by atoms with Crippen LogP contribution in [0.3, 0.4) is 0 Å². The van der Waals surface area contributed by atoms with Crippen molar-refractivity contribution < 1.29 is 9.90 Å². The standard InChI is InChI=1S/C12H18N2O2/c1-3-9(13)7-11(15)14-10-6-4-5-8(2)12(10)16/h4-6,9,16H,3,7,13H2,1-2H3,(H,14,15). The number of phenolic OH excluding ortho intramolecular Hbond substituents is 1. The van der Waals surface area contributed by atoms with Gasteiger partial charge in [0, 0.05) is 12.5 Å². The van der Waals surface area contributed by atoms with E-state index in [9.17, 15) is 9.90 Å². The lowest BCUT2D eigenvalue weighted by atomic mass is 10.1. The van der Waals surface area contributed by atoms with Crippen LogP contribution in [0.4, 0.5) is 5.69 Å². The van der Waals surface area contributed by atoms with Crippen LogP contribution in [0.1, 0.15) is 25.3 Å². The van der Waals surface area contributed by atoms with E-state index in [2.05, 4.69) is 5.32 Å². The van der Waals surface area contributed by atoms with Gasteiger partial charge in [0.15, 0.2) is 0 Å². The molecule has 1 unspecified atom stereocenters. The number of hydrogen-bond donors (Lipinski definition) is 3. The number of carbonyl (C=O) groups is 1. The van der Waals surface area contributed by atoms with Crippen LogP contribution in [0.25, 0.3) is 0 Å². The third kappa shape index (κ3) is 3.24. The second kappa shape index (κ2) is 5.51. The van der Waals surface area contributed by atoms with E-state index in [1.165, 1.54) is 0 Å². The highest BCUT2D eigenvalue weighted by Gasteiger charge is 2.10. The number of nitrogens with two attached hydrogens (primary N) is 1. The molecule has 0 spiro atoms. The zero-order valence-electron chi connectivity index (χ0n) is 9.66. The van der Waals surface area contributed by atoms with Crippen LogP contribution in [-0.2, 0) is 4.79 Å². The van der Waals surface area contributed by atoms with Gasteiger partial charge in [-0.1, -0.05) is 19.1 Å². The van der Waals surface area contributed by atoms with E-state index in [1.807, 2.05) is 6.92 Å². The summed E-state index contributed by atoms with van der Waals surface area (Å²) < 4.78 is 0. The van der Waals surface area contributed by atoms with E-state index < -0.39 is 0 Å². The molecule has 0 aliphatic rings. The summed E-state index contributed by atoms with van der Waals surface area (Å²) in [7, 11) is 0. The molecule has 0 fully saturated rings. The van der Waals surface area contributed by atoms with Gasteiger partial charge in [0.05, 0.1) is 5.69 Å². The fourth-order valence-electron chi connectivity index (χ4n) is 1.34. The van der Waals surface area contributed by atoms with Gasteiger partial charge >= 0.3 is 0 Å². The summed E-state index contributed by atoms with van der Waals surface area (Å²) in [6, 6.07) is 5.09. The number of amides is 1. The molecule has 88 valence electrons. The molecule has 0 bridgehead atoms. The number of benzene rings is 1. The maximum absolute atomic E-state index is 11.5. The number of rotatable bonds is 4. The third-order valence-corrected chi connectivity index (χ3v) is 2.48. The summed E-state index contributed by atoms with van der Waals surface area (Å²) in [6.45, 7) is 3.71. The smallest absolute Gasteiger partial charge is 0.226 e. The van der Waals surface area contributed by atoms with Gasteiger partial charge in [-0.15, -0.1) is 0 Å². The van der Waals surface area contributed by atoms with Crippen molar-refractivity contribution in [3.8, 4) is 5.75 Å². The van der Waals surface area contributed by atoms with Gasteiger partial charge in [0.25, 0.3) is 0 Å². The topological polar surface area (TPSA) is 75.4 Å². The first kappa shape index (κ1) is 12.5. The maximum atomic E-state index is 11.5. The summed E-state index contributed by atoms with van der Waals surface area (Å²) in [5.74, 6) is -0.0591. The normalized spacial score (nSPS) is 12.2. The highest BCUT2D eigenvalue weighted by molar-refractivity contribution is 5.92. The van der Waals surface area contributed by atoms with Crippen molar-refractivity contribution in [1.82, 2.24) is 0 Å². The molecule has 4 nitrogen and oxygen atoms in total. The largest absolute Gasteiger partial charge is 0.505 e. The molecule has 16 heavy (non-hydrogen) atoms. The Morgan fingerprint density at radius 1 is 1.56 bits per heavy atom. The molecule has 4 N–H and O–H groups in total. The molecule has 1 aromatic rings. The van der Waals surface area contributed by atoms with E-state index in [0.29, 0.717) is 5.69 Å². The molecule has 1 atom stereocenters. The monoisotopic (exact) mass is 222 g/mol. The second-order valence-corrected chi connectivity index (χ2v) is 3.89. The van der Waals surface area contributed by atoms with Crippen LogP contribution in [0, 0.1) is 6.92 Å². The summed E-state index contributed by atoms with van der Waals surface area (Å²) in [5, 5.41) is 12.3. The molecular weight excluding hydrogens is 204 g/mol. The van der Waals surface area contributed by atoms with Gasteiger partial charge in [-0.05, 0) is 25.0 Å². The lowest BCUT2D eigenvalue weighted by Gasteiger charge is -2.11. The molecule has 0 saturated heterocycles. The summed E-state index contributed by atoms with van der Waals surface area (Å²) in [6.07, 6.45) is 1.02. The molecule has 4 heteroatoms. The van der Waals surface area contributed by atoms with Crippen LogP contribution in [0.2, 0.25) is 0 Å². The zero-order valence-corrected chi connectivity index (χ0v) is 9.66. The van der Waals surface area contributed by atoms with Gasteiger partial charge < -0.3 is 16.2 Å². The Labute approximate surface area is 95.5 Å². The van der Waals surface area contributed by atoms with Crippen LogP contribution < -0.4 is 11.1 Å². The van der Waals surface area contributed by atoms with E-state index in [0.717, 1.165) is 12.0 Å². The van der Waals surface area contributed by atoms with E-state index in [-0.39, 0.29) is 24.1 Å². The number of aryl methyl sites for hydroxylation is 1. The predicted octanol–water partition coefficient (Wildman–Crippen LogP) is 1.77. The number of para-hydroxylation sites is 1. The Morgan fingerprint density at radius 3 is 2.88 bits per heavy atom. The number of nitrogens with one attached hydrogen (secondary N) is 1. The quantitative estimate of drug-likeness (QED) is 0.679. The van der Waals surface area contributed by atoms with Crippen molar-refractivity contribution in [2.45, 2.75) is 32.7 Å². The minimum Gasteiger partial charge on any atom is -0.505 e. The van der Waals surface area contributed by atoms with Gasteiger partial charge in [-0.25, -0.2) is 0 Å². The first-order chi connectivity index (χ1) is 7.54. The summed E-state index contributed by atoms with van der Waals surface area (Å²) >= 11 is 0. The average molecular weight is 222 g/mol. The fraction of sp³-hybridized carbons (Fsp3) is 0.417. The molecule has 0 radical (unpaired) electrons. The van der Waals surface area contributed by atoms with E-state index in [4.69, 9.17) is 5.73 Å². The SMILES string of the molecule is CCC(N)CC(=O)Nc1cccc(C)c1O. The number of carbonyl (C=O) groups excluding carboxylic acids is 1. The van der Waals surface area contributed by atoms with E-state index >= 15 is 0 Å². The van der Waals surface area contributed by atoms with Crippen LogP contribution in [0.15, 0.2) is 18.2 Å². The molecule has 0 saturated carbocycles. The van der Waals surface area contributed by atoms with Crippen molar-refractivity contribution in [3.05, 3.63) is 23.8 Å². The average Bonchev–Trinajstić information content (AvgIpc) is 2.24. The molecule has 1 rings (SSSR count). The minimum atomic E-state index is -0.171. The van der Waals surface area contributed by atoms with Crippen LogP contribution in [0.5, 0.6) is 5.75 Å². The minimum absolute atomic E-state index is 0.112. The number of hydrogen-bond acceptors (Lipinski definition) is 3. The molecule has 1 aromatic carbocycles. The Morgan fingerprint density at radius 2 is 2.25 bits per heavy atom. The van der Waals surface area contributed by atoms with Gasteiger partial charge in [-0.3, -0.25) is 4.79 Å². The Kier molecular flexibility index (Phi) is 4.31. The molecule has 0 aliphatic heterocycles. The summed E-state index contributed by atoms with van der Waals surface area (Å²) in [5.41, 5.74) is 6.84. The van der Waals surface area contributed by atoms with Crippen molar-refractivity contribution in [3.63, 3.8) is 0 Å². The number of phenols is 1. The van der Waals surface area contributed by atoms with Crippen molar-refractivity contribution in [1.29, 1.82) is 0 Å². The van der Waals surface area contributed by atoms with Crippen molar-refractivity contribution in [2.75, 3.05) is 5.32 Å². The lowest BCUT2D eigenvalue weighted by Crippen LogP contribution is -2.26. The van der Waals surface area contributed by atoms with Crippen LogP contribution >= 0.6 is 0 Å². The van der Waals surface area contributed by atoms with E-state index in [1.54, 1.807) is 25.1 Å². The molecule has 0 aliphatic carbocycles. The Bertz CT molecular complexity index is 377. The fourth-order valence-corrected chi connectivity index (χ4v) is 1.34. The molecule has 1 amide bonds. The maximum Gasteiger partial charge on any atom is 0.226 e. The van der Waals surface area contributed by atoms with Crippen molar-refractivity contribution in [2.24, 2.45) is 5.73 Å². The Balaban J connectivity index is 2.66. The summed E-state index contributed by atoms with van der Waals surface area (Å²) in [4.78, 5) is 11.5. The van der Waals surface area contributed by atoms with Gasteiger partial charge in [0.2, 0.25) is 5.91 Å². The second-order valence-electron chi connectivity index (χ2n) is 3.89. The third-order valence-electron chi connectivity index (χ3n) is 2.48. The highest BCUT2D eigenvalue weighted by Crippen LogP contribution is 2.26. The van der Waals surface area contributed by atoms with Crippen molar-refractivity contribution >= 4 is 11.6 Å². The number of aromatic hydroxyl groups is 1. The first-order valence-corrected chi connectivity index (χ1v) is 5.38. The Hall–Kier alpha value is -1.55. The zero-order chi connectivity index (χ0) is 12.1. The number of anilines is 1. The van der Waals surface area contributed by atoms with Crippen LogP contribution in [-0.4, -0.2) is 17.1 Å². The molecular formula is C12H18N2O2. The highest BCUT2D eigenvalue weighted by atomic mass is 16.3. The van der Waals surface area contributed by atoms with Gasteiger partial charge in [0.1, 0.15) is 5.75 Å².